The molecule has 0 aliphatic rings. The molecule has 2 aromatic heterocycles. The van der Waals surface area contributed by atoms with Gasteiger partial charge in [-0.25, -0.2) is 9.37 Å². The lowest BCUT2D eigenvalue weighted by Gasteiger charge is -2.10. The van der Waals surface area contributed by atoms with Crippen molar-refractivity contribution in [2.45, 2.75) is 19.9 Å². The molecule has 0 radical (unpaired) electrons. The van der Waals surface area contributed by atoms with Gasteiger partial charge in [-0.3, -0.25) is 4.79 Å². The van der Waals surface area contributed by atoms with Crippen LogP contribution in [-0.4, -0.2) is 17.4 Å². The smallest absolute Gasteiger partial charge is 0.255 e. The number of aromatic nitrogens is 1. The van der Waals surface area contributed by atoms with E-state index in [-0.39, 0.29) is 11.5 Å². The minimum atomic E-state index is -0.527. The number of hydrogen-bond acceptors (Lipinski definition) is 4. The molecular weight excluding hydrogens is 357 g/mol. The van der Waals surface area contributed by atoms with E-state index in [9.17, 15) is 9.18 Å². The highest BCUT2D eigenvalue weighted by Crippen LogP contribution is 2.22. The Kier molecular flexibility index (Phi) is 5.69. The van der Waals surface area contributed by atoms with Crippen LogP contribution in [0.4, 0.5) is 10.2 Å². The van der Waals surface area contributed by atoms with Crippen molar-refractivity contribution >= 4 is 39.0 Å². The summed E-state index contributed by atoms with van der Waals surface area (Å²) in [6.45, 7) is 3.08. The highest BCUT2D eigenvalue weighted by atomic mass is 79.9. The van der Waals surface area contributed by atoms with Gasteiger partial charge in [0.05, 0.1) is 22.1 Å². The highest BCUT2D eigenvalue weighted by molar-refractivity contribution is 9.11. The summed E-state index contributed by atoms with van der Waals surface area (Å²) in [7, 11) is 0. The van der Waals surface area contributed by atoms with Crippen LogP contribution >= 0.6 is 27.3 Å². The van der Waals surface area contributed by atoms with Crippen LogP contribution < -0.4 is 10.6 Å². The van der Waals surface area contributed by atoms with Crippen molar-refractivity contribution in [2.75, 3.05) is 11.9 Å². The number of nitrogens with one attached hydrogen (secondary N) is 2. The molecule has 0 aliphatic heterocycles. The third-order valence-corrected chi connectivity index (χ3v) is 4.32. The van der Waals surface area contributed by atoms with Crippen molar-refractivity contribution in [2.24, 2.45) is 0 Å². The molecule has 7 heteroatoms. The topological polar surface area (TPSA) is 54.0 Å². The number of thiophene rings is 1. The van der Waals surface area contributed by atoms with Gasteiger partial charge in [0.1, 0.15) is 11.6 Å². The minimum absolute atomic E-state index is 0.221. The van der Waals surface area contributed by atoms with E-state index in [4.69, 9.17) is 0 Å². The average Bonchev–Trinajstić information content (AvgIpc) is 2.89. The first-order chi connectivity index (χ1) is 10.1. The molecular formula is C14H15BrFN3OS. The summed E-state index contributed by atoms with van der Waals surface area (Å²) in [5, 5.41) is 5.81. The predicted octanol–water partition coefficient (Wildman–Crippen LogP) is 3.80. The van der Waals surface area contributed by atoms with Gasteiger partial charge < -0.3 is 10.6 Å². The third-order valence-electron chi connectivity index (χ3n) is 2.69. The summed E-state index contributed by atoms with van der Waals surface area (Å²) in [4.78, 5) is 17.2. The molecule has 0 aliphatic carbocycles. The normalized spacial score (nSPS) is 10.4. The number of carbonyl (C=O) groups excluding carboxylic acids is 1. The van der Waals surface area contributed by atoms with Crippen LogP contribution in [0.25, 0.3) is 0 Å². The lowest BCUT2D eigenvalue weighted by molar-refractivity contribution is 0.0951. The Labute approximate surface area is 134 Å². The molecule has 0 fully saturated rings. The number of nitrogens with zero attached hydrogens (tertiary/aromatic N) is 1. The molecule has 0 unspecified atom stereocenters. The number of halogens is 2. The molecule has 112 valence electrons. The van der Waals surface area contributed by atoms with Gasteiger partial charge in [0, 0.05) is 11.4 Å². The van der Waals surface area contributed by atoms with Crippen LogP contribution in [0.15, 0.2) is 28.2 Å². The predicted molar refractivity (Wildman–Crippen MR) is 86.2 cm³/mol. The first-order valence-corrected chi connectivity index (χ1v) is 8.13. The van der Waals surface area contributed by atoms with E-state index >= 15 is 0 Å². The Bertz CT molecular complexity index is 632. The van der Waals surface area contributed by atoms with Crippen molar-refractivity contribution in [3.8, 4) is 0 Å². The lowest BCUT2D eigenvalue weighted by atomic mass is 10.2. The third kappa shape index (κ3) is 4.50. The lowest BCUT2D eigenvalue weighted by Crippen LogP contribution is -2.24. The van der Waals surface area contributed by atoms with Crippen LogP contribution in [0.5, 0.6) is 0 Å². The molecule has 2 rings (SSSR count). The molecule has 1 amide bonds. The molecule has 4 nitrogen and oxygen atoms in total. The molecule has 2 heterocycles. The Hall–Kier alpha value is -1.47. The number of hydrogen-bond donors (Lipinski definition) is 2. The van der Waals surface area contributed by atoms with Crippen molar-refractivity contribution in [3.05, 3.63) is 44.4 Å². The Morgan fingerprint density at radius 3 is 2.95 bits per heavy atom. The zero-order valence-electron chi connectivity index (χ0n) is 11.5. The average molecular weight is 372 g/mol. The maximum atomic E-state index is 13.3. The fourth-order valence-corrected chi connectivity index (χ4v) is 3.13. The molecule has 0 atom stereocenters. The quantitative estimate of drug-likeness (QED) is 0.811. The molecule has 2 N–H and O–H groups in total. The Morgan fingerprint density at radius 2 is 2.29 bits per heavy atom. The van der Waals surface area contributed by atoms with Crippen molar-refractivity contribution in [3.63, 3.8) is 0 Å². The van der Waals surface area contributed by atoms with Gasteiger partial charge in [-0.2, -0.15) is 0 Å². The van der Waals surface area contributed by atoms with Gasteiger partial charge in [-0.15, -0.1) is 11.3 Å². The van der Waals surface area contributed by atoms with Crippen molar-refractivity contribution in [1.82, 2.24) is 10.3 Å². The van der Waals surface area contributed by atoms with Crippen molar-refractivity contribution in [1.29, 1.82) is 0 Å². The standard InChI is InChI=1S/C14H15BrFN3OS/c1-2-5-17-13-11(6-9(16)7-18-13)14(20)19-8-10-3-4-12(15)21-10/h3-4,6-7H,2,5,8H2,1H3,(H,17,18)(H,19,20). The van der Waals surface area contributed by atoms with Crippen molar-refractivity contribution < 1.29 is 9.18 Å². The summed E-state index contributed by atoms with van der Waals surface area (Å²) in [6.07, 6.45) is 1.99. The van der Waals surface area contributed by atoms with Gasteiger partial charge in [0.2, 0.25) is 0 Å². The van der Waals surface area contributed by atoms with E-state index in [1.807, 2.05) is 19.1 Å². The van der Waals surface area contributed by atoms with E-state index in [0.717, 1.165) is 21.3 Å². The molecule has 0 saturated heterocycles. The van der Waals surface area contributed by atoms with Gasteiger partial charge >= 0.3 is 0 Å². The number of rotatable bonds is 6. The summed E-state index contributed by atoms with van der Waals surface area (Å²) < 4.78 is 14.3. The van der Waals surface area contributed by atoms with E-state index in [0.29, 0.717) is 18.9 Å². The van der Waals surface area contributed by atoms with Gasteiger partial charge in [-0.1, -0.05) is 6.92 Å². The highest BCUT2D eigenvalue weighted by Gasteiger charge is 2.14. The molecule has 21 heavy (non-hydrogen) atoms. The van der Waals surface area contributed by atoms with E-state index in [1.165, 1.54) is 6.07 Å². The zero-order valence-corrected chi connectivity index (χ0v) is 13.9. The number of amides is 1. The minimum Gasteiger partial charge on any atom is -0.369 e. The summed E-state index contributed by atoms with van der Waals surface area (Å²) in [6, 6.07) is 5.05. The largest absolute Gasteiger partial charge is 0.369 e. The molecule has 0 spiro atoms. The Balaban J connectivity index is 2.08. The second-order valence-electron chi connectivity index (χ2n) is 4.36. The fraction of sp³-hybridized carbons (Fsp3) is 0.286. The first-order valence-electron chi connectivity index (χ1n) is 6.52. The van der Waals surface area contributed by atoms with E-state index in [1.54, 1.807) is 11.3 Å². The second kappa shape index (κ2) is 7.51. The zero-order chi connectivity index (χ0) is 15.2. The number of pyridine rings is 1. The van der Waals surface area contributed by atoms with E-state index < -0.39 is 5.82 Å². The molecule has 0 bridgehead atoms. The van der Waals surface area contributed by atoms with E-state index in [2.05, 4.69) is 31.5 Å². The summed E-state index contributed by atoms with van der Waals surface area (Å²) >= 11 is 4.91. The van der Waals surface area contributed by atoms with Crippen LogP contribution in [0.3, 0.4) is 0 Å². The van der Waals surface area contributed by atoms with Crippen LogP contribution in [0.2, 0.25) is 0 Å². The number of carbonyl (C=O) groups is 1. The Morgan fingerprint density at radius 1 is 1.48 bits per heavy atom. The summed E-state index contributed by atoms with van der Waals surface area (Å²) in [5.74, 6) is -0.464. The monoisotopic (exact) mass is 371 g/mol. The van der Waals surface area contributed by atoms with Gasteiger partial charge in [0.15, 0.2) is 0 Å². The number of anilines is 1. The van der Waals surface area contributed by atoms with Crippen LogP contribution in [0, 0.1) is 5.82 Å². The van der Waals surface area contributed by atoms with Gasteiger partial charge in [-0.05, 0) is 40.5 Å². The maximum absolute atomic E-state index is 13.3. The fourth-order valence-electron chi connectivity index (χ4n) is 1.71. The van der Waals surface area contributed by atoms with Gasteiger partial charge in [0.25, 0.3) is 5.91 Å². The van der Waals surface area contributed by atoms with Crippen LogP contribution in [0.1, 0.15) is 28.6 Å². The second-order valence-corrected chi connectivity index (χ2v) is 6.91. The molecule has 2 aromatic rings. The van der Waals surface area contributed by atoms with Crippen LogP contribution in [-0.2, 0) is 6.54 Å². The molecule has 0 aromatic carbocycles. The summed E-state index contributed by atoms with van der Waals surface area (Å²) in [5.41, 5.74) is 0.221. The molecule has 0 saturated carbocycles. The SMILES string of the molecule is CCCNc1ncc(F)cc1C(=O)NCc1ccc(Br)s1. The first kappa shape index (κ1) is 15.9. The maximum Gasteiger partial charge on any atom is 0.255 e.